The van der Waals surface area contributed by atoms with Crippen molar-refractivity contribution in [1.82, 2.24) is 0 Å². The molecule has 0 unspecified atom stereocenters. The van der Waals surface area contributed by atoms with Gasteiger partial charge in [-0.15, -0.1) is 11.3 Å². The lowest BCUT2D eigenvalue weighted by Crippen LogP contribution is -2.19. The van der Waals surface area contributed by atoms with Gasteiger partial charge in [0.05, 0.1) is 25.4 Å². The Bertz CT molecular complexity index is 942. The van der Waals surface area contributed by atoms with Crippen LogP contribution in [0, 0.1) is 5.92 Å². The van der Waals surface area contributed by atoms with E-state index < -0.39 is 5.91 Å². The van der Waals surface area contributed by atoms with E-state index in [1.165, 1.54) is 11.3 Å². The number of primary amides is 1. The van der Waals surface area contributed by atoms with E-state index in [1.807, 2.05) is 20.8 Å². The van der Waals surface area contributed by atoms with Crippen molar-refractivity contribution in [3.8, 4) is 17.2 Å². The summed E-state index contributed by atoms with van der Waals surface area (Å²) in [4.78, 5) is 26.4. The van der Waals surface area contributed by atoms with Crippen LogP contribution in [0.2, 0.25) is 0 Å². The Morgan fingerprint density at radius 3 is 2.26 bits per heavy atom. The quantitative estimate of drug-likeness (QED) is 0.594. The van der Waals surface area contributed by atoms with Crippen LogP contribution in [0.3, 0.4) is 0 Å². The van der Waals surface area contributed by atoms with E-state index in [-0.39, 0.29) is 5.91 Å². The second-order valence-electron chi connectivity index (χ2n) is 7.47. The zero-order valence-corrected chi connectivity index (χ0v) is 19.3. The third-order valence-corrected chi connectivity index (χ3v) is 6.33. The standard InChI is InChI=1S/C23H30N2O5S/c1-5-28-16-11-14(12-17(29-6-2)20(16)30-7-3)22(27)25-23-19(21(24)26)15-9-8-13(4)10-18(15)31-23/h11-13H,5-10H2,1-4H3,(H2,24,26)(H,25,27)/t13-/m1/s1. The number of rotatable bonds is 9. The average molecular weight is 447 g/mol. The number of ether oxygens (including phenoxy) is 3. The number of carbonyl (C=O) groups is 2. The van der Waals surface area contributed by atoms with Crippen LogP contribution in [0.4, 0.5) is 5.00 Å². The van der Waals surface area contributed by atoms with Crippen molar-refractivity contribution in [1.29, 1.82) is 0 Å². The Morgan fingerprint density at radius 1 is 1.10 bits per heavy atom. The largest absolute Gasteiger partial charge is 0.490 e. The molecule has 2 aromatic rings. The Balaban J connectivity index is 1.97. The lowest BCUT2D eigenvalue weighted by atomic mass is 9.88. The molecule has 7 nitrogen and oxygen atoms in total. The SMILES string of the molecule is CCOc1cc(C(=O)Nc2sc3c(c2C(N)=O)CC[C@@H](C)C3)cc(OCC)c1OCC. The molecule has 0 aliphatic heterocycles. The van der Waals surface area contributed by atoms with Gasteiger partial charge in [0, 0.05) is 10.4 Å². The minimum absolute atomic E-state index is 0.352. The van der Waals surface area contributed by atoms with Crippen LogP contribution in [-0.2, 0) is 12.8 Å². The number of nitrogens with one attached hydrogen (secondary N) is 1. The van der Waals surface area contributed by atoms with Crippen LogP contribution in [0.5, 0.6) is 17.2 Å². The minimum atomic E-state index is -0.515. The van der Waals surface area contributed by atoms with E-state index in [2.05, 4.69) is 12.2 Å². The maximum absolute atomic E-state index is 13.1. The van der Waals surface area contributed by atoms with Crippen LogP contribution in [-0.4, -0.2) is 31.6 Å². The molecule has 31 heavy (non-hydrogen) atoms. The Kier molecular flexibility index (Phi) is 7.43. The van der Waals surface area contributed by atoms with Gasteiger partial charge in [-0.05, 0) is 63.6 Å². The monoisotopic (exact) mass is 446 g/mol. The van der Waals surface area contributed by atoms with E-state index in [9.17, 15) is 9.59 Å². The predicted molar refractivity (Wildman–Crippen MR) is 122 cm³/mol. The summed E-state index contributed by atoms with van der Waals surface area (Å²) in [6.07, 6.45) is 2.70. The van der Waals surface area contributed by atoms with Gasteiger partial charge in [-0.1, -0.05) is 6.92 Å². The molecule has 0 bridgehead atoms. The van der Waals surface area contributed by atoms with Crippen molar-refractivity contribution in [2.45, 2.75) is 47.0 Å². The van der Waals surface area contributed by atoms with Gasteiger partial charge in [-0.2, -0.15) is 0 Å². The molecule has 2 amide bonds. The highest BCUT2D eigenvalue weighted by atomic mass is 32.1. The molecule has 1 aliphatic carbocycles. The number of fused-ring (bicyclic) bond motifs is 1. The van der Waals surface area contributed by atoms with Crippen molar-refractivity contribution in [3.05, 3.63) is 33.7 Å². The molecule has 0 spiro atoms. The molecule has 0 saturated carbocycles. The van der Waals surface area contributed by atoms with Gasteiger partial charge in [0.1, 0.15) is 5.00 Å². The lowest BCUT2D eigenvalue weighted by Gasteiger charge is -2.18. The van der Waals surface area contributed by atoms with E-state index in [0.717, 1.165) is 29.7 Å². The van der Waals surface area contributed by atoms with E-state index in [0.29, 0.717) is 59.1 Å². The van der Waals surface area contributed by atoms with Crippen LogP contribution in [0.25, 0.3) is 0 Å². The Hall–Kier alpha value is -2.74. The lowest BCUT2D eigenvalue weighted by molar-refractivity contribution is 0.1000. The number of hydrogen-bond donors (Lipinski definition) is 2. The first kappa shape index (κ1) is 22.9. The first-order valence-corrected chi connectivity index (χ1v) is 11.5. The van der Waals surface area contributed by atoms with Crippen LogP contribution < -0.4 is 25.3 Å². The molecule has 168 valence electrons. The summed E-state index contributed by atoms with van der Waals surface area (Å²) in [5, 5.41) is 3.40. The summed E-state index contributed by atoms with van der Waals surface area (Å²) in [7, 11) is 0. The fraction of sp³-hybridized carbons (Fsp3) is 0.478. The molecule has 3 rings (SSSR count). The summed E-state index contributed by atoms with van der Waals surface area (Å²) >= 11 is 1.44. The third-order valence-electron chi connectivity index (χ3n) is 5.16. The predicted octanol–water partition coefficient (Wildman–Crippen LogP) is 4.42. The van der Waals surface area contributed by atoms with E-state index in [1.54, 1.807) is 12.1 Å². The normalized spacial score (nSPS) is 15.2. The number of carbonyl (C=O) groups excluding carboxylic acids is 2. The highest BCUT2D eigenvalue weighted by molar-refractivity contribution is 7.17. The molecule has 1 aromatic carbocycles. The van der Waals surface area contributed by atoms with E-state index in [4.69, 9.17) is 19.9 Å². The third kappa shape index (κ3) is 4.95. The zero-order chi connectivity index (χ0) is 22.5. The molecule has 1 atom stereocenters. The average Bonchev–Trinajstić information content (AvgIpc) is 3.07. The highest BCUT2D eigenvalue weighted by Gasteiger charge is 2.28. The summed E-state index contributed by atoms with van der Waals surface area (Å²) < 4.78 is 17.1. The minimum Gasteiger partial charge on any atom is -0.490 e. The van der Waals surface area contributed by atoms with Gasteiger partial charge in [-0.3, -0.25) is 9.59 Å². The van der Waals surface area contributed by atoms with Gasteiger partial charge >= 0.3 is 0 Å². The first-order chi connectivity index (χ1) is 14.9. The summed E-state index contributed by atoms with van der Waals surface area (Å²) in [6, 6.07) is 3.26. The van der Waals surface area contributed by atoms with Crippen molar-refractivity contribution < 1.29 is 23.8 Å². The number of anilines is 1. The molecule has 0 radical (unpaired) electrons. The van der Waals surface area contributed by atoms with Crippen molar-refractivity contribution in [2.75, 3.05) is 25.1 Å². The molecule has 1 heterocycles. The van der Waals surface area contributed by atoms with Crippen LogP contribution in [0.1, 0.15) is 65.3 Å². The number of hydrogen-bond acceptors (Lipinski definition) is 6. The second-order valence-corrected chi connectivity index (χ2v) is 8.58. The Morgan fingerprint density at radius 2 is 1.71 bits per heavy atom. The number of nitrogens with two attached hydrogens (primary N) is 1. The van der Waals surface area contributed by atoms with Gasteiger partial charge in [0.25, 0.3) is 11.8 Å². The molecule has 3 N–H and O–H groups in total. The first-order valence-electron chi connectivity index (χ1n) is 10.7. The summed E-state index contributed by atoms with van der Waals surface area (Å²) in [5.41, 5.74) is 7.43. The fourth-order valence-electron chi connectivity index (χ4n) is 3.79. The molecule has 1 aromatic heterocycles. The van der Waals surface area contributed by atoms with Gasteiger partial charge in [0.15, 0.2) is 11.5 Å². The van der Waals surface area contributed by atoms with Crippen molar-refractivity contribution >= 4 is 28.2 Å². The zero-order valence-electron chi connectivity index (χ0n) is 18.5. The Labute approximate surface area is 186 Å². The fourth-order valence-corrected chi connectivity index (χ4v) is 5.21. The van der Waals surface area contributed by atoms with Crippen molar-refractivity contribution in [2.24, 2.45) is 11.7 Å². The molecular formula is C23H30N2O5S. The number of thiophene rings is 1. The highest BCUT2D eigenvalue weighted by Crippen LogP contribution is 2.41. The topological polar surface area (TPSA) is 99.9 Å². The van der Waals surface area contributed by atoms with Gasteiger partial charge in [0.2, 0.25) is 5.75 Å². The molecule has 0 saturated heterocycles. The van der Waals surface area contributed by atoms with Gasteiger partial charge in [-0.25, -0.2) is 0 Å². The summed E-state index contributed by atoms with van der Waals surface area (Å²) in [6.45, 7) is 9.05. The summed E-state index contributed by atoms with van der Waals surface area (Å²) in [5.74, 6) is 1.02. The van der Waals surface area contributed by atoms with Crippen molar-refractivity contribution in [3.63, 3.8) is 0 Å². The molecule has 8 heteroatoms. The van der Waals surface area contributed by atoms with Crippen LogP contribution in [0.15, 0.2) is 12.1 Å². The van der Waals surface area contributed by atoms with Crippen LogP contribution >= 0.6 is 11.3 Å². The molecule has 0 fully saturated rings. The number of amides is 2. The molecule has 1 aliphatic rings. The van der Waals surface area contributed by atoms with Gasteiger partial charge < -0.3 is 25.3 Å². The van der Waals surface area contributed by atoms with E-state index >= 15 is 0 Å². The smallest absolute Gasteiger partial charge is 0.256 e. The maximum Gasteiger partial charge on any atom is 0.256 e. The second kappa shape index (κ2) is 10.0. The maximum atomic E-state index is 13.1. The molecular weight excluding hydrogens is 416 g/mol. The number of benzene rings is 1.